The second kappa shape index (κ2) is 11.6. The molecular formula is C23H18ClN3O9S. The SMILES string of the molecule is CCOC(=O)c1c(-c2ccc(Cl)cc2)csc1NC(=O)COC(=O)c1cc([N+](=O)[O-])c(C)c([N+](=O)[O-])c1. The lowest BCUT2D eigenvalue weighted by Crippen LogP contribution is -2.22. The minimum atomic E-state index is -1.18. The highest BCUT2D eigenvalue weighted by atomic mass is 35.5. The van der Waals surface area contributed by atoms with Crippen molar-refractivity contribution in [2.24, 2.45) is 0 Å². The van der Waals surface area contributed by atoms with Crippen molar-refractivity contribution in [3.8, 4) is 11.1 Å². The van der Waals surface area contributed by atoms with Gasteiger partial charge in [-0.05, 0) is 31.5 Å². The third kappa shape index (κ3) is 6.26. The van der Waals surface area contributed by atoms with Gasteiger partial charge < -0.3 is 14.8 Å². The average Bonchev–Trinajstić information content (AvgIpc) is 3.26. The zero-order chi connectivity index (χ0) is 27.3. The number of nitrogens with one attached hydrogen (secondary N) is 1. The van der Waals surface area contributed by atoms with E-state index in [9.17, 15) is 34.6 Å². The number of hydrogen-bond donors (Lipinski definition) is 1. The number of rotatable bonds is 9. The summed E-state index contributed by atoms with van der Waals surface area (Å²) in [6.07, 6.45) is 0. The van der Waals surface area contributed by atoms with Crippen LogP contribution in [0, 0.1) is 27.2 Å². The molecule has 0 aliphatic rings. The Kier molecular flexibility index (Phi) is 8.52. The second-order valence-electron chi connectivity index (χ2n) is 7.36. The van der Waals surface area contributed by atoms with Gasteiger partial charge in [-0.2, -0.15) is 0 Å². The van der Waals surface area contributed by atoms with E-state index < -0.39 is 51.2 Å². The number of anilines is 1. The van der Waals surface area contributed by atoms with Crippen molar-refractivity contribution in [1.82, 2.24) is 0 Å². The Labute approximate surface area is 218 Å². The van der Waals surface area contributed by atoms with Gasteiger partial charge >= 0.3 is 11.9 Å². The van der Waals surface area contributed by atoms with Crippen LogP contribution in [-0.2, 0) is 14.3 Å². The van der Waals surface area contributed by atoms with Gasteiger partial charge in [0.25, 0.3) is 17.3 Å². The number of nitrogens with zero attached hydrogens (tertiary/aromatic N) is 2. The van der Waals surface area contributed by atoms with E-state index in [4.69, 9.17) is 21.1 Å². The van der Waals surface area contributed by atoms with Crippen molar-refractivity contribution in [3.63, 3.8) is 0 Å². The van der Waals surface area contributed by atoms with Crippen molar-refractivity contribution in [1.29, 1.82) is 0 Å². The minimum absolute atomic E-state index is 0.0918. The summed E-state index contributed by atoms with van der Waals surface area (Å²) >= 11 is 6.98. The molecule has 3 aromatic rings. The van der Waals surface area contributed by atoms with E-state index in [2.05, 4.69) is 5.32 Å². The zero-order valence-corrected chi connectivity index (χ0v) is 20.9. The summed E-state index contributed by atoms with van der Waals surface area (Å²) in [6, 6.07) is 8.33. The van der Waals surface area contributed by atoms with E-state index >= 15 is 0 Å². The van der Waals surface area contributed by atoms with Crippen molar-refractivity contribution in [2.75, 3.05) is 18.5 Å². The van der Waals surface area contributed by atoms with Gasteiger partial charge in [0.15, 0.2) is 6.61 Å². The lowest BCUT2D eigenvalue weighted by atomic mass is 10.0. The molecular weight excluding hydrogens is 530 g/mol. The van der Waals surface area contributed by atoms with Crippen molar-refractivity contribution in [3.05, 3.63) is 83.7 Å². The van der Waals surface area contributed by atoms with Gasteiger partial charge in [0.05, 0.1) is 22.0 Å². The van der Waals surface area contributed by atoms with Gasteiger partial charge in [0.2, 0.25) is 0 Å². The molecule has 1 heterocycles. The van der Waals surface area contributed by atoms with E-state index in [0.29, 0.717) is 16.1 Å². The maximum atomic E-state index is 12.6. The number of hydrogen-bond acceptors (Lipinski definition) is 10. The van der Waals surface area contributed by atoms with Gasteiger partial charge in [-0.15, -0.1) is 11.3 Å². The van der Waals surface area contributed by atoms with Crippen LogP contribution in [0.4, 0.5) is 16.4 Å². The molecule has 1 amide bonds. The monoisotopic (exact) mass is 547 g/mol. The minimum Gasteiger partial charge on any atom is -0.462 e. The van der Waals surface area contributed by atoms with E-state index in [1.54, 1.807) is 36.6 Å². The molecule has 0 radical (unpaired) electrons. The van der Waals surface area contributed by atoms with Crippen LogP contribution < -0.4 is 5.32 Å². The summed E-state index contributed by atoms with van der Waals surface area (Å²) in [5, 5.41) is 27.2. The van der Waals surface area contributed by atoms with E-state index in [-0.39, 0.29) is 22.7 Å². The Hall–Kier alpha value is -4.36. The van der Waals surface area contributed by atoms with Crippen LogP contribution in [0.2, 0.25) is 5.02 Å². The highest BCUT2D eigenvalue weighted by Gasteiger charge is 2.27. The number of thiophene rings is 1. The van der Waals surface area contributed by atoms with Gasteiger partial charge in [0, 0.05) is 28.1 Å². The van der Waals surface area contributed by atoms with Crippen molar-refractivity contribution in [2.45, 2.75) is 13.8 Å². The predicted octanol–water partition coefficient (Wildman–Crippen LogP) is 5.17. The van der Waals surface area contributed by atoms with E-state index in [1.807, 2.05) is 0 Å². The van der Waals surface area contributed by atoms with Crippen LogP contribution in [0.25, 0.3) is 11.1 Å². The summed E-state index contributed by atoms with van der Waals surface area (Å²) in [6.45, 7) is 2.07. The number of amides is 1. The summed E-state index contributed by atoms with van der Waals surface area (Å²) < 4.78 is 10.0. The first kappa shape index (κ1) is 27.2. The molecule has 2 aromatic carbocycles. The summed E-state index contributed by atoms with van der Waals surface area (Å²) in [4.78, 5) is 58.3. The fourth-order valence-corrected chi connectivity index (χ4v) is 4.36. The normalized spacial score (nSPS) is 10.5. The van der Waals surface area contributed by atoms with Crippen LogP contribution in [0.5, 0.6) is 0 Å². The van der Waals surface area contributed by atoms with Crippen LogP contribution in [0.3, 0.4) is 0 Å². The van der Waals surface area contributed by atoms with Crippen LogP contribution in [0.15, 0.2) is 41.8 Å². The molecule has 12 nitrogen and oxygen atoms in total. The van der Waals surface area contributed by atoms with Crippen molar-refractivity contribution >= 4 is 57.2 Å². The standard InChI is InChI=1S/C23H18ClN3O9S/c1-3-35-23(30)20-16(13-4-6-15(24)7-5-13)11-37-21(20)25-19(28)10-36-22(29)14-8-17(26(31)32)12(2)18(9-14)27(33)34/h4-9,11H,3,10H2,1-2H3,(H,25,28). The topological polar surface area (TPSA) is 168 Å². The Morgan fingerprint density at radius 1 is 1.00 bits per heavy atom. The van der Waals surface area contributed by atoms with Crippen LogP contribution in [-0.4, -0.2) is 40.9 Å². The number of carbonyl (C=O) groups excluding carboxylic acids is 3. The average molecular weight is 548 g/mol. The maximum Gasteiger partial charge on any atom is 0.341 e. The Bertz CT molecular complexity index is 1370. The zero-order valence-electron chi connectivity index (χ0n) is 19.3. The molecule has 1 N–H and O–H groups in total. The predicted molar refractivity (Wildman–Crippen MR) is 134 cm³/mol. The Balaban J connectivity index is 1.79. The Morgan fingerprint density at radius 2 is 1.59 bits per heavy atom. The molecule has 0 aliphatic carbocycles. The quantitative estimate of drug-likeness (QED) is 0.216. The lowest BCUT2D eigenvalue weighted by Gasteiger charge is -2.09. The second-order valence-corrected chi connectivity index (χ2v) is 8.67. The molecule has 0 atom stereocenters. The lowest BCUT2D eigenvalue weighted by molar-refractivity contribution is -0.395. The molecule has 37 heavy (non-hydrogen) atoms. The molecule has 0 spiro atoms. The molecule has 0 saturated heterocycles. The first-order valence-electron chi connectivity index (χ1n) is 10.5. The number of nitro benzene ring substituents is 2. The molecule has 3 rings (SSSR count). The molecule has 14 heteroatoms. The molecule has 0 unspecified atom stereocenters. The molecule has 0 bridgehead atoms. The fourth-order valence-electron chi connectivity index (χ4n) is 3.26. The first-order valence-corrected chi connectivity index (χ1v) is 11.7. The number of esters is 2. The van der Waals surface area contributed by atoms with Gasteiger partial charge in [0.1, 0.15) is 16.1 Å². The Morgan fingerprint density at radius 3 is 2.14 bits per heavy atom. The maximum absolute atomic E-state index is 12.6. The third-order valence-corrected chi connectivity index (χ3v) is 6.14. The van der Waals surface area contributed by atoms with Gasteiger partial charge in [-0.1, -0.05) is 23.7 Å². The van der Waals surface area contributed by atoms with Crippen LogP contribution >= 0.6 is 22.9 Å². The number of carbonyl (C=O) groups is 3. The smallest absolute Gasteiger partial charge is 0.341 e. The molecule has 192 valence electrons. The number of halogens is 1. The number of benzene rings is 2. The van der Waals surface area contributed by atoms with E-state index in [0.717, 1.165) is 23.5 Å². The fraction of sp³-hybridized carbons (Fsp3) is 0.174. The molecule has 0 fully saturated rings. The number of ether oxygens (including phenoxy) is 2. The highest BCUT2D eigenvalue weighted by molar-refractivity contribution is 7.15. The summed E-state index contributed by atoms with van der Waals surface area (Å²) in [5.74, 6) is -2.68. The number of nitro groups is 2. The van der Waals surface area contributed by atoms with E-state index in [1.165, 1.54) is 6.92 Å². The highest BCUT2D eigenvalue weighted by Crippen LogP contribution is 2.37. The first-order chi connectivity index (χ1) is 17.5. The molecule has 0 saturated carbocycles. The summed E-state index contributed by atoms with van der Waals surface area (Å²) in [7, 11) is 0. The molecule has 1 aromatic heterocycles. The van der Waals surface area contributed by atoms with Crippen molar-refractivity contribution < 1.29 is 33.7 Å². The van der Waals surface area contributed by atoms with Gasteiger partial charge in [-0.25, -0.2) is 9.59 Å². The van der Waals surface area contributed by atoms with Gasteiger partial charge in [-0.3, -0.25) is 25.0 Å². The third-order valence-electron chi connectivity index (χ3n) is 5.00. The largest absolute Gasteiger partial charge is 0.462 e. The summed E-state index contributed by atoms with van der Waals surface area (Å²) in [5.41, 5.74) is -0.741. The molecule has 0 aliphatic heterocycles. The van der Waals surface area contributed by atoms with Crippen LogP contribution in [0.1, 0.15) is 33.2 Å².